The van der Waals surface area contributed by atoms with Gasteiger partial charge >= 0.3 is 0 Å². The maximum absolute atomic E-state index is 10.1. The lowest BCUT2D eigenvalue weighted by molar-refractivity contribution is 0.220. The van der Waals surface area contributed by atoms with Crippen LogP contribution in [0.5, 0.6) is 0 Å². The maximum Gasteiger partial charge on any atom is 0.132 e. The van der Waals surface area contributed by atoms with Crippen LogP contribution in [0.25, 0.3) is 0 Å². The first-order valence-electron chi connectivity index (χ1n) is 4.32. The Morgan fingerprint density at radius 2 is 2.12 bits per heavy atom. The van der Waals surface area contributed by atoms with E-state index < -0.39 is 6.10 Å². The number of aliphatic hydroxyl groups excluding tert-OH is 1. The summed E-state index contributed by atoms with van der Waals surface area (Å²) in [5.41, 5.74) is 0.566. The number of thiazole rings is 1. The van der Waals surface area contributed by atoms with Gasteiger partial charge in [-0.15, -0.1) is 11.3 Å². The molecule has 1 atom stereocenters. The Bertz CT molecular complexity index is 517. The number of benzene rings is 1. The van der Waals surface area contributed by atoms with Gasteiger partial charge in [-0.05, 0) is 22.0 Å². The summed E-state index contributed by atoms with van der Waals surface area (Å²) in [6, 6.07) is 5.15. The minimum absolute atomic E-state index is 0.364. The van der Waals surface area contributed by atoms with Gasteiger partial charge in [-0.2, -0.15) is 0 Å². The van der Waals surface area contributed by atoms with E-state index in [1.165, 1.54) is 11.3 Å². The van der Waals surface area contributed by atoms with Crippen molar-refractivity contribution in [2.24, 2.45) is 0 Å². The predicted molar refractivity (Wildman–Crippen MR) is 70.3 cm³/mol. The first kappa shape index (κ1) is 12.3. The molecule has 2 aromatic rings. The fourth-order valence-electron chi connectivity index (χ4n) is 1.26. The summed E-state index contributed by atoms with van der Waals surface area (Å²) < 4.78 is 0.699. The molecule has 1 aromatic heterocycles. The van der Waals surface area contributed by atoms with E-state index in [0.29, 0.717) is 25.2 Å². The molecule has 0 aliphatic rings. The first-order valence-corrected chi connectivity index (χ1v) is 6.75. The number of hydrogen-bond donors (Lipinski definition) is 1. The van der Waals surface area contributed by atoms with E-state index in [1.54, 1.807) is 23.6 Å². The number of rotatable bonds is 2. The number of aliphatic hydroxyl groups is 1. The molecule has 1 unspecified atom stereocenters. The smallest absolute Gasteiger partial charge is 0.132 e. The zero-order valence-electron chi connectivity index (χ0n) is 7.82. The average molecular weight is 339 g/mol. The number of nitrogens with zero attached hydrogens (tertiary/aromatic N) is 1. The highest BCUT2D eigenvalue weighted by Gasteiger charge is 2.18. The van der Waals surface area contributed by atoms with Gasteiger partial charge in [-0.25, -0.2) is 4.98 Å². The molecule has 0 amide bonds. The van der Waals surface area contributed by atoms with E-state index in [0.717, 1.165) is 0 Å². The van der Waals surface area contributed by atoms with Crippen LogP contribution in [0.3, 0.4) is 0 Å². The molecule has 1 N–H and O–H groups in total. The quantitative estimate of drug-likeness (QED) is 0.885. The molecule has 16 heavy (non-hydrogen) atoms. The van der Waals surface area contributed by atoms with Crippen molar-refractivity contribution < 1.29 is 5.11 Å². The highest BCUT2D eigenvalue weighted by atomic mass is 79.9. The van der Waals surface area contributed by atoms with E-state index in [9.17, 15) is 5.11 Å². The van der Waals surface area contributed by atoms with Crippen LogP contribution < -0.4 is 0 Å². The first-order chi connectivity index (χ1) is 7.59. The summed E-state index contributed by atoms with van der Waals surface area (Å²) in [6.07, 6.45) is -0.845. The SMILES string of the molecule is OC(c1nc(Br)cs1)c1cccc(Cl)c1Cl. The van der Waals surface area contributed by atoms with E-state index in [2.05, 4.69) is 20.9 Å². The predicted octanol–water partition coefficient (Wildman–Crippen LogP) is 4.29. The minimum Gasteiger partial charge on any atom is -0.381 e. The molecule has 0 aliphatic heterocycles. The van der Waals surface area contributed by atoms with Crippen LogP contribution >= 0.6 is 50.5 Å². The standard InChI is InChI=1S/C10H6BrCl2NOS/c11-7-4-16-10(14-7)9(15)5-2-1-3-6(12)8(5)13/h1-4,9,15H. The van der Waals surface area contributed by atoms with Gasteiger partial charge in [0.25, 0.3) is 0 Å². The molecule has 1 heterocycles. The second kappa shape index (κ2) is 5.02. The molecule has 2 rings (SSSR count). The Balaban J connectivity index is 2.41. The van der Waals surface area contributed by atoms with Gasteiger partial charge in [0.1, 0.15) is 15.7 Å². The highest BCUT2D eigenvalue weighted by molar-refractivity contribution is 9.10. The molecular formula is C10H6BrCl2NOS. The third-order valence-corrected chi connectivity index (χ3v) is 4.44. The Hall–Kier alpha value is -0.130. The van der Waals surface area contributed by atoms with Crippen molar-refractivity contribution in [1.29, 1.82) is 0 Å². The van der Waals surface area contributed by atoms with Crippen LogP contribution in [-0.4, -0.2) is 10.1 Å². The van der Waals surface area contributed by atoms with Crippen molar-refractivity contribution in [1.82, 2.24) is 4.98 Å². The molecule has 0 spiro atoms. The second-order valence-electron chi connectivity index (χ2n) is 3.05. The van der Waals surface area contributed by atoms with Crippen molar-refractivity contribution in [2.45, 2.75) is 6.10 Å². The monoisotopic (exact) mass is 337 g/mol. The number of aromatic nitrogens is 1. The van der Waals surface area contributed by atoms with Gasteiger partial charge in [-0.1, -0.05) is 35.3 Å². The number of halogens is 3. The molecule has 84 valence electrons. The third kappa shape index (κ3) is 2.41. The van der Waals surface area contributed by atoms with E-state index in [4.69, 9.17) is 23.2 Å². The Labute approximate surface area is 115 Å². The van der Waals surface area contributed by atoms with E-state index >= 15 is 0 Å². The summed E-state index contributed by atoms with van der Waals surface area (Å²) in [5.74, 6) is 0. The molecular weight excluding hydrogens is 333 g/mol. The largest absolute Gasteiger partial charge is 0.381 e. The maximum atomic E-state index is 10.1. The van der Waals surface area contributed by atoms with Crippen molar-refractivity contribution in [2.75, 3.05) is 0 Å². The van der Waals surface area contributed by atoms with Crippen LogP contribution in [0.15, 0.2) is 28.2 Å². The van der Waals surface area contributed by atoms with Crippen LogP contribution in [0.4, 0.5) is 0 Å². The van der Waals surface area contributed by atoms with Gasteiger partial charge in [0.2, 0.25) is 0 Å². The zero-order chi connectivity index (χ0) is 11.7. The highest BCUT2D eigenvalue weighted by Crippen LogP contribution is 2.34. The molecule has 2 nitrogen and oxygen atoms in total. The normalized spacial score (nSPS) is 12.8. The summed E-state index contributed by atoms with van der Waals surface area (Å²) in [4.78, 5) is 4.14. The second-order valence-corrected chi connectivity index (χ2v) is 5.54. The van der Waals surface area contributed by atoms with E-state index in [-0.39, 0.29) is 0 Å². The number of hydrogen-bond acceptors (Lipinski definition) is 3. The van der Waals surface area contributed by atoms with Gasteiger partial charge in [0.15, 0.2) is 0 Å². The van der Waals surface area contributed by atoms with Crippen LogP contribution in [0, 0.1) is 0 Å². The molecule has 0 fully saturated rings. The van der Waals surface area contributed by atoms with Crippen LogP contribution in [0.2, 0.25) is 10.0 Å². The lowest BCUT2D eigenvalue weighted by Gasteiger charge is -2.10. The molecule has 0 bridgehead atoms. The van der Waals surface area contributed by atoms with Gasteiger partial charge < -0.3 is 5.11 Å². The topological polar surface area (TPSA) is 33.1 Å². The molecule has 0 aliphatic carbocycles. The lowest BCUT2D eigenvalue weighted by Crippen LogP contribution is -2.00. The summed E-state index contributed by atoms with van der Waals surface area (Å²) >= 11 is 16.5. The third-order valence-electron chi connectivity index (χ3n) is 2.00. The fourth-order valence-corrected chi connectivity index (χ4v) is 2.93. The molecule has 0 radical (unpaired) electrons. The van der Waals surface area contributed by atoms with Crippen molar-refractivity contribution in [3.8, 4) is 0 Å². The molecule has 0 saturated carbocycles. The Morgan fingerprint density at radius 1 is 1.38 bits per heavy atom. The summed E-state index contributed by atoms with van der Waals surface area (Å²) in [6.45, 7) is 0. The van der Waals surface area contributed by atoms with Gasteiger partial charge in [-0.3, -0.25) is 0 Å². The fraction of sp³-hybridized carbons (Fsp3) is 0.100. The minimum atomic E-state index is -0.845. The van der Waals surface area contributed by atoms with Gasteiger partial charge in [0, 0.05) is 10.9 Å². The summed E-state index contributed by atoms with van der Waals surface area (Å²) in [5, 5.41) is 13.3. The van der Waals surface area contributed by atoms with E-state index in [1.807, 2.05) is 0 Å². The Kier molecular flexibility index (Phi) is 3.87. The Morgan fingerprint density at radius 3 is 2.75 bits per heavy atom. The zero-order valence-corrected chi connectivity index (χ0v) is 11.7. The van der Waals surface area contributed by atoms with Gasteiger partial charge in [0.05, 0.1) is 10.0 Å². The molecule has 6 heteroatoms. The van der Waals surface area contributed by atoms with Crippen LogP contribution in [0.1, 0.15) is 16.7 Å². The van der Waals surface area contributed by atoms with Crippen molar-refractivity contribution in [3.63, 3.8) is 0 Å². The molecule has 0 saturated heterocycles. The van der Waals surface area contributed by atoms with Crippen molar-refractivity contribution >= 4 is 50.5 Å². The lowest BCUT2D eigenvalue weighted by atomic mass is 10.1. The van der Waals surface area contributed by atoms with Crippen LogP contribution in [-0.2, 0) is 0 Å². The average Bonchev–Trinajstić information content (AvgIpc) is 2.68. The summed E-state index contributed by atoms with van der Waals surface area (Å²) in [7, 11) is 0. The molecule has 1 aromatic carbocycles. The van der Waals surface area contributed by atoms with Crippen molar-refractivity contribution in [3.05, 3.63) is 48.8 Å².